The monoisotopic (exact) mass is 682 g/mol. The molecule has 0 spiro atoms. The van der Waals surface area contributed by atoms with E-state index in [4.69, 9.17) is 0 Å². The molecule has 0 amide bonds. The quantitative estimate of drug-likeness (QED) is 0.159. The van der Waals surface area contributed by atoms with E-state index in [1.54, 1.807) is 0 Å². The van der Waals surface area contributed by atoms with Gasteiger partial charge >= 0.3 is 0 Å². The molecular weight excluding hydrogens is 649 g/mol. The summed E-state index contributed by atoms with van der Waals surface area (Å²) in [7, 11) is 0. The Labute approximate surface area is 314 Å². The van der Waals surface area contributed by atoms with Crippen molar-refractivity contribution in [2.75, 3.05) is 0 Å². The van der Waals surface area contributed by atoms with Crippen LogP contribution in [0.2, 0.25) is 0 Å². The third-order valence-corrected chi connectivity index (χ3v) is 11.7. The van der Waals surface area contributed by atoms with Crippen LogP contribution in [0.3, 0.4) is 0 Å². The van der Waals surface area contributed by atoms with Crippen LogP contribution in [0.4, 0.5) is 0 Å². The van der Waals surface area contributed by atoms with Crippen molar-refractivity contribution in [2.24, 2.45) is 0 Å². The average molecular weight is 683 g/mol. The predicted molar refractivity (Wildman–Crippen MR) is 235 cm³/mol. The van der Waals surface area contributed by atoms with Crippen LogP contribution in [0.1, 0.15) is 11.1 Å². The van der Waals surface area contributed by atoms with Gasteiger partial charge in [-0.3, -0.25) is 0 Å². The van der Waals surface area contributed by atoms with Crippen molar-refractivity contribution >= 4 is 66.0 Å². The molecule has 0 aromatic heterocycles. The first kappa shape index (κ1) is 30.6. The van der Waals surface area contributed by atoms with Gasteiger partial charge in [0.25, 0.3) is 0 Å². The largest absolute Gasteiger partial charge is 0.0984 e. The molecule has 54 heavy (non-hydrogen) atoms. The molecule has 0 saturated heterocycles. The molecule has 1 aliphatic carbocycles. The number of rotatable bonds is 5. The van der Waals surface area contributed by atoms with Crippen molar-refractivity contribution in [1.82, 2.24) is 0 Å². The molecule has 0 radical (unpaired) electrons. The molecule has 0 aliphatic heterocycles. The van der Waals surface area contributed by atoms with Gasteiger partial charge in [-0.15, -0.1) is 0 Å². The van der Waals surface area contributed by atoms with E-state index in [1.807, 2.05) is 12.2 Å². The lowest BCUT2D eigenvalue weighted by Gasteiger charge is -2.22. The van der Waals surface area contributed by atoms with Crippen molar-refractivity contribution in [2.45, 2.75) is 0 Å². The molecule has 0 bridgehead atoms. The van der Waals surface area contributed by atoms with Gasteiger partial charge in [-0.1, -0.05) is 177 Å². The van der Waals surface area contributed by atoms with Gasteiger partial charge in [-0.25, -0.2) is 0 Å². The van der Waals surface area contributed by atoms with E-state index in [0.717, 1.165) is 11.1 Å². The molecule has 0 heteroatoms. The zero-order chi connectivity index (χ0) is 35.9. The van der Waals surface area contributed by atoms with Crippen LogP contribution in [-0.4, -0.2) is 0 Å². The zero-order valence-corrected chi connectivity index (χ0v) is 29.7. The second-order valence-corrected chi connectivity index (χ2v) is 14.4. The Morgan fingerprint density at radius 2 is 0.926 bits per heavy atom. The summed E-state index contributed by atoms with van der Waals surface area (Å²) in [4.78, 5) is 0. The van der Waals surface area contributed by atoms with E-state index >= 15 is 0 Å². The Kier molecular flexibility index (Phi) is 6.66. The highest BCUT2D eigenvalue weighted by Crippen LogP contribution is 2.59. The lowest BCUT2D eigenvalue weighted by molar-refractivity contribution is 1.62. The highest BCUT2D eigenvalue weighted by atomic mass is 14.3. The average Bonchev–Trinajstić information content (AvgIpc) is 3.56. The van der Waals surface area contributed by atoms with Crippen molar-refractivity contribution < 1.29 is 0 Å². The molecule has 10 aromatic carbocycles. The fraction of sp³-hybridized carbons (Fsp3) is 0. The molecule has 0 heterocycles. The maximum absolute atomic E-state index is 4.21. The number of fused-ring (bicyclic) bond motifs is 9. The topological polar surface area (TPSA) is 0 Å². The van der Waals surface area contributed by atoms with E-state index in [2.05, 4.69) is 183 Å². The normalized spacial score (nSPS) is 11.9. The first-order valence-corrected chi connectivity index (χ1v) is 18.7. The molecule has 0 saturated carbocycles. The molecule has 0 N–H and O–H groups in total. The van der Waals surface area contributed by atoms with Gasteiger partial charge < -0.3 is 0 Å². The highest BCUT2D eigenvalue weighted by molar-refractivity contribution is 6.31. The maximum Gasteiger partial charge on any atom is -0.000719 e. The third-order valence-electron chi connectivity index (χ3n) is 11.7. The minimum absolute atomic E-state index is 1.10. The van der Waals surface area contributed by atoms with E-state index in [-0.39, 0.29) is 0 Å². The van der Waals surface area contributed by atoms with E-state index < -0.39 is 0 Å². The number of hydrogen-bond acceptors (Lipinski definition) is 0. The molecule has 0 fully saturated rings. The minimum atomic E-state index is 1.10. The second-order valence-electron chi connectivity index (χ2n) is 14.4. The van der Waals surface area contributed by atoms with E-state index in [0.29, 0.717) is 0 Å². The van der Waals surface area contributed by atoms with Gasteiger partial charge in [0, 0.05) is 0 Å². The third kappa shape index (κ3) is 4.26. The molecular formula is C54H34. The lowest BCUT2D eigenvalue weighted by atomic mass is 9.81. The van der Waals surface area contributed by atoms with Crippen molar-refractivity contribution in [3.63, 3.8) is 0 Å². The SMILES string of the molecule is C=Cc1ccc2cc(-c3ccc4c(-c5ccccc5)c5c(c(-c6ccccc6)c4c3)-c3cccc4c3c-5cc3ccccc34)c3ccccc3c2c1C=C. The molecule has 1 aliphatic rings. The molecule has 0 atom stereocenters. The van der Waals surface area contributed by atoms with Gasteiger partial charge in [0.2, 0.25) is 0 Å². The second kappa shape index (κ2) is 11.7. The standard InChI is InChI=1S/C54H34/c1-3-33-26-27-38-32-46(41-22-13-14-23-43(41)49(38)39(33)4-2)37-28-29-44-47(30-37)51(35-18-9-6-10-19-35)53-45-25-15-24-42-40-21-12-11-20-36(40)31-48(52(42)45)54(53)50(44)34-16-7-5-8-17-34/h3-32H,1-2H2. The van der Waals surface area contributed by atoms with Crippen LogP contribution in [0.5, 0.6) is 0 Å². The van der Waals surface area contributed by atoms with Gasteiger partial charge in [0.1, 0.15) is 0 Å². The fourth-order valence-corrected chi connectivity index (χ4v) is 9.45. The van der Waals surface area contributed by atoms with Crippen LogP contribution in [-0.2, 0) is 0 Å². The Balaban J connectivity index is 1.31. The lowest BCUT2D eigenvalue weighted by Crippen LogP contribution is -1.95. The summed E-state index contributed by atoms with van der Waals surface area (Å²) >= 11 is 0. The molecule has 0 nitrogen and oxygen atoms in total. The van der Waals surface area contributed by atoms with Gasteiger partial charge in [-0.05, 0) is 139 Å². The van der Waals surface area contributed by atoms with E-state index in [9.17, 15) is 0 Å². The molecule has 11 rings (SSSR count). The Morgan fingerprint density at radius 3 is 1.67 bits per heavy atom. The summed E-state index contributed by atoms with van der Waals surface area (Å²) in [6.07, 6.45) is 3.90. The maximum atomic E-state index is 4.21. The van der Waals surface area contributed by atoms with Crippen LogP contribution < -0.4 is 0 Å². The summed E-state index contributed by atoms with van der Waals surface area (Å²) in [5, 5.41) is 12.6. The van der Waals surface area contributed by atoms with Crippen LogP contribution in [0.25, 0.3) is 122 Å². The Hall–Kier alpha value is -7.02. The van der Waals surface area contributed by atoms with E-state index in [1.165, 1.54) is 109 Å². The molecule has 250 valence electrons. The summed E-state index contributed by atoms with van der Waals surface area (Å²) in [5.41, 5.74) is 14.9. The van der Waals surface area contributed by atoms with Crippen LogP contribution >= 0.6 is 0 Å². The fourth-order valence-electron chi connectivity index (χ4n) is 9.45. The number of benzene rings is 10. The first-order chi connectivity index (χ1) is 26.7. The molecule has 0 unspecified atom stereocenters. The summed E-state index contributed by atoms with van der Waals surface area (Å²) in [5.74, 6) is 0. The molecule has 10 aromatic rings. The minimum Gasteiger partial charge on any atom is -0.0984 e. The zero-order valence-electron chi connectivity index (χ0n) is 29.7. The van der Waals surface area contributed by atoms with Crippen molar-refractivity contribution in [1.29, 1.82) is 0 Å². The number of hydrogen-bond donors (Lipinski definition) is 0. The van der Waals surface area contributed by atoms with Crippen LogP contribution in [0, 0.1) is 0 Å². The first-order valence-electron chi connectivity index (χ1n) is 18.7. The van der Waals surface area contributed by atoms with Crippen molar-refractivity contribution in [3.05, 3.63) is 194 Å². The van der Waals surface area contributed by atoms with Crippen molar-refractivity contribution in [3.8, 4) is 55.6 Å². The van der Waals surface area contributed by atoms with Crippen LogP contribution in [0.15, 0.2) is 183 Å². The van der Waals surface area contributed by atoms with Gasteiger partial charge in [0.05, 0.1) is 0 Å². The summed E-state index contributed by atoms with van der Waals surface area (Å²) < 4.78 is 0. The predicted octanol–water partition coefficient (Wildman–Crippen LogP) is 15.4. The summed E-state index contributed by atoms with van der Waals surface area (Å²) in [6.45, 7) is 8.31. The highest BCUT2D eigenvalue weighted by Gasteiger charge is 2.31. The van der Waals surface area contributed by atoms with Gasteiger partial charge in [-0.2, -0.15) is 0 Å². The van der Waals surface area contributed by atoms with Gasteiger partial charge in [0.15, 0.2) is 0 Å². The Bertz CT molecular complexity index is 3220. The summed E-state index contributed by atoms with van der Waals surface area (Å²) in [6, 6.07) is 63.0. The smallest absolute Gasteiger partial charge is 0.000719 e. The Morgan fingerprint density at radius 1 is 0.315 bits per heavy atom.